The van der Waals surface area contributed by atoms with Gasteiger partial charge in [0, 0.05) is 31.6 Å². The lowest BCUT2D eigenvalue weighted by Crippen LogP contribution is -2.71. The van der Waals surface area contributed by atoms with Crippen molar-refractivity contribution in [3.63, 3.8) is 0 Å². The first-order valence-corrected chi connectivity index (χ1v) is 6.73. The Kier molecular flexibility index (Phi) is 7.20. The average Bonchev–Trinajstić information content (AvgIpc) is 2.21. The third kappa shape index (κ3) is 3.46. The quantitative estimate of drug-likeness (QED) is 0.697. The topological polar surface area (TPSA) is 6.48 Å². The summed E-state index contributed by atoms with van der Waals surface area (Å²) in [6.07, 6.45) is 0. The van der Waals surface area contributed by atoms with Crippen molar-refractivity contribution in [3.8, 4) is 0 Å². The lowest BCUT2D eigenvalue weighted by molar-refractivity contribution is -0.110. The second-order valence-corrected chi connectivity index (χ2v) is 4.11. The summed E-state index contributed by atoms with van der Waals surface area (Å²) in [5.74, 6) is 0. The first-order chi connectivity index (χ1) is 7.28. The molecule has 0 aromatic heterocycles. The van der Waals surface area contributed by atoms with Crippen LogP contribution in [0.3, 0.4) is 0 Å². The molecule has 1 spiro atoms. The molecular formula is C13H30N2. The fourth-order valence-electron chi connectivity index (χ4n) is 2.45. The van der Waals surface area contributed by atoms with Gasteiger partial charge in [-0.15, -0.1) is 0 Å². The van der Waals surface area contributed by atoms with Gasteiger partial charge in [-0.25, -0.2) is 0 Å². The molecule has 15 heavy (non-hydrogen) atoms. The maximum atomic E-state index is 2.53. The van der Waals surface area contributed by atoms with Crippen molar-refractivity contribution in [2.45, 2.75) is 41.5 Å². The molecule has 2 aliphatic rings. The van der Waals surface area contributed by atoms with E-state index in [4.69, 9.17) is 0 Å². The highest BCUT2D eigenvalue weighted by Crippen LogP contribution is 2.38. The zero-order valence-corrected chi connectivity index (χ0v) is 11.6. The maximum Gasteiger partial charge on any atom is 0.0212 e. The molecule has 2 heterocycles. The minimum absolute atomic E-state index is 0.742. The van der Waals surface area contributed by atoms with E-state index in [0.717, 1.165) is 5.41 Å². The first kappa shape index (κ1) is 14.9. The number of likely N-dealkylation sites (tertiary alicyclic amines) is 2. The zero-order valence-electron chi connectivity index (χ0n) is 11.6. The predicted molar refractivity (Wildman–Crippen MR) is 69.4 cm³/mol. The van der Waals surface area contributed by atoms with E-state index in [0.29, 0.717) is 0 Å². The normalized spacial score (nSPS) is 22.8. The van der Waals surface area contributed by atoms with Gasteiger partial charge in [0.2, 0.25) is 0 Å². The minimum Gasteiger partial charge on any atom is -0.302 e. The lowest BCUT2D eigenvalue weighted by atomic mass is 9.73. The van der Waals surface area contributed by atoms with Gasteiger partial charge in [-0.3, -0.25) is 0 Å². The standard InChI is InChI=1S/C9H18N2.2C2H6/c1-3-10-5-9(6-10)7-11(4-2)8-9;2*1-2/h3-8H2,1-2H3;2*1-2H3. The Morgan fingerprint density at radius 3 is 1.20 bits per heavy atom. The summed E-state index contributed by atoms with van der Waals surface area (Å²) >= 11 is 0. The van der Waals surface area contributed by atoms with Crippen molar-refractivity contribution in [1.29, 1.82) is 0 Å². The lowest BCUT2D eigenvalue weighted by Gasteiger charge is -2.60. The molecule has 0 aromatic rings. The van der Waals surface area contributed by atoms with Crippen LogP contribution >= 0.6 is 0 Å². The van der Waals surface area contributed by atoms with E-state index in [2.05, 4.69) is 23.6 Å². The molecule has 0 amide bonds. The minimum atomic E-state index is 0.742. The molecule has 2 aliphatic heterocycles. The van der Waals surface area contributed by atoms with Gasteiger partial charge in [0.05, 0.1) is 0 Å². The summed E-state index contributed by atoms with van der Waals surface area (Å²) in [4.78, 5) is 5.07. The van der Waals surface area contributed by atoms with E-state index in [1.54, 1.807) is 0 Å². The van der Waals surface area contributed by atoms with Gasteiger partial charge in [0.1, 0.15) is 0 Å². The van der Waals surface area contributed by atoms with Gasteiger partial charge in [0.25, 0.3) is 0 Å². The molecule has 2 fully saturated rings. The van der Waals surface area contributed by atoms with E-state index in [1.807, 2.05) is 27.7 Å². The van der Waals surface area contributed by atoms with Crippen LogP contribution in [0.4, 0.5) is 0 Å². The highest BCUT2D eigenvalue weighted by molar-refractivity contribution is 5.04. The third-order valence-electron chi connectivity index (χ3n) is 3.13. The Morgan fingerprint density at radius 2 is 1.00 bits per heavy atom. The summed E-state index contributed by atoms with van der Waals surface area (Å²) in [6, 6.07) is 0. The van der Waals surface area contributed by atoms with Gasteiger partial charge in [0.15, 0.2) is 0 Å². The van der Waals surface area contributed by atoms with Crippen molar-refractivity contribution < 1.29 is 0 Å². The summed E-state index contributed by atoms with van der Waals surface area (Å²) < 4.78 is 0. The van der Waals surface area contributed by atoms with Crippen LogP contribution in [0.15, 0.2) is 0 Å². The Morgan fingerprint density at radius 1 is 0.733 bits per heavy atom. The number of hydrogen-bond acceptors (Lipinski definition) is 2. The Balaban J connectivity index is 0.000000442. The van der Waals surface area contributed by atoms with Gasteiger partial charge in [-0.2, -0.15) is 0 Å². The monoisotopic (exact) mass is 214 g/mol. The highest BCUT2D eigenvalue weighted by atomic mass is 15.3. The van der Waals surface area contributed by atoms with Crippen molar-refractivity contribution in [1.82, 2.24) is 9.80 Å². The molecule has 2 nitrogen and oxygen atoms in total. The number of hydrogen-bond donors (Lipinski definition) is 0. The van der Waals surface area contributed by atoms with Crippen LogP contribution in [0.2, 0.25) is 0 Å². The molecule has 0 aliphatic carbocycles. The molecular weight excluding hydrogens is 184 g/mol. The Hall–Kier alpha value is -0.0800. The molecule has 2 rings (SSSR count). The van der Waals surface area contributed by atoms with Gasteiger partial charge < -0.3 is 9.80 Å². The second-order valence-electron chi connectivity index (χ2n) is 4.11. The molecule has 92 valence electrons. The van der Waals surface area contributed by atoms with E-state index in [-0.39, 0.29) is 0 Å². The third-order valence-corrected chi connectivity index (χ3v) is 3.13. The molecule has 0 aromatic carbocycles. The molecule has 2 heteroatoms. The van der Waals surface area contributed by atoms with Crippen LogP contribution in [-0.2, 0) is 0 Å². The zero-order chi connectivity index (χ0) is 11.9. The van der Waals surface area contributed by atoms with E-state index < -0.39 is 0 Å². The van der Waals surface area contributed by atoms with Crippen molar-refractivity contribution >= 4 is 0 Å². The Labute approximate surface area is 96.6 Å². The maximum absolute atomic E-state index is 2.53. The van der Waals surface area contributed by atoms with Crippen LogP contribution in [-0.4, -0.2) is 49.1 Å². The van der Waals surface area contributed by atoms with Crippen molar-refractivity contribution in [2.24, 2.45) is 5.41 Å². The molecule has 0 radical (unpaired) electrons. The molecule has 0 unspecified atom stereocenters. The fourth-order valence-corrected chi connectivity index (χ4v) is 2.45. The largest absolute Gasteiger partial charge is 0.302 e. The number of rotatable bonds is 2. The summed E-state index contributed by atoms with van der Waals surface area (Å²) in [5.41, 5.74) is 0.742. The average molecular weight is 214 g/mol. The molecule has 0 bridgehead atoms. The van der Waals surface area contributed by atoms with Crippen molar-refractivity contribution in [2.75, 3.05) is 39.3 Å². The second kappa shape index (κ2) is 7.24. The van der Waals surface area contributed by atoms with Crippen LogP contribution in [0.5, 0.6) is 0 Å². The summed E-state index contributed by atoms with van der Waals surface area (Å²) in [5, 5.41) is 0. The number of nitrogens with zero attached hydrogens (tertiary/aromatic N) is 2. The van der Waals surface area contributed by atoms with Crippen LogP contribution in [0.1, 0.15) is 41.5 Å². The molecule has 0 atom stereocenters. The van der Waals surface area contributed by atoms with Gasteiger partial charge in [-0.05, 0) is 13.1 Å². The summed E-state index contributed by atoms with van der Waals surface area (Å²) in [6.45, 7) is 20.4. The van der Waals surface area contributed by atoms with Crippen LogP contribution < -0.4 is 0 Å². The molecule has 0 saturated carbocycles. The van der Waals surface area contributed by atoms with Crippen LogP contribution in [0, 0.1) is 5.41 Å². The van der Waals surface area contributed by atoms with E-state index >= 15 is 0 Å². The summed E-state index contributed by atoms with van der Waals surface area (Å²) in [7, 11) is 0. The van der Waals surface area contributed by atoms with E-state index in [9.17, 15) is 0 Å². The van der Waals surface area contributed by atoms with Gasteiger partial charge >= 0.3 is 0 Å². The predicted octanol–water partition coefficient (Wildman–Crippen LogP) is 2.70. The highest BCUT2D eigenvalue weighted by Gasteiger charge is 2.50. The smallest absolute Gasteiger partial charge is 0.0212 e. The van der Waals surface area contributed by atoms with Crippen LogP contribution in [0.25, 0.3) is 0 Å². The SMILES string of the molecule is CC.CC.CCN1CC2(C1)CN(CC)C2. The Bertz CT molecular complexity index is 123. The first-order valence-electron chi connectivity index (χ1n) is 6.73. The fraction of sp³-hybridized carbons (Fsp3) is 1.00. The van der Waals surface area contributed by atoms with Gasteiger partial charge in [-0.1, -0.05) is 41.5 Å². The van der Waals surface area contributed by atoms with Crippen molar-refractivity contribution in [3.05, 3.63) is 0 Å². The molecule has 0 N–H and O–H groups in total. The van der Waals surface area contributed by atoms with E-state index in [1.165, 1.54) is 39.3 Å². The molecule has 2 saturated heterocycles.